The zero-order valence-electron chi connectivity index (χ0n) is 11.6. The molecule has 1 spiro atoms. The molecule has 0 radical (unpaired) electrons. The van der Waals surface area contributed by atoms with Crippen molar-refractivity contribution in [2.75, 3.05) is 11.9 Å². The molecule has 1 unspecified atom stereocenters. The van der Waals surface area contributed by atoms with Gasteiger partial charge in [0.1, 0.15) is 5.82 Å². The van der Waals surface area contributed by atoms with Crippen LogP contribution >= 0.6 is 15.9 Å². The number of ether oxygens (including phenoxy) is 1. The highest BCUT2D eigenvalue weighted by Gasteiger charge is 2.38. The summed E-state index contributed by atoms with van der Waals surface area (Å²) in [6, 6.07) is 5.36. The lowest BCUT2D eigenvalue weighted by molar-refractivity contribution is -0.103. The van der Waals surface area contributed by atoms with Crippen molar-refractivity contribution in [2.45, 2.75) is 56.6 Å². The van der Waals surface area contributed by atoms with Crippen LogP contribution in [0.5, 0.6) is 0 Å². The van der Waals surface area contributed by atoms with Crippen LogP contribution in [0.3, 0.4) is 0 Å². The van der Waals surface area contributed by atoms with Crippen LogP contribution < -0.4 is 5.32 Å². The van der Waals surface area contributed by atoms with Crippen molar-refractivity contribution >= 4 is 21.6 Å². The molecule has 1 aromatic rings. The summed E-state index contributed by atoms with van der Waals surface area (Å²) >= 11 is 3.40. The van der Waals surface area contributed by atoms with Crippen molar-refractivity contribution in [3.05, 3.63) is 28.5 Å². The summed E-state index contributed by atoms with van der Waals surface area (Å²) in [4.78, 5) is 0. The fourth-order valence-electron chi connectivity index (χ4n) is 3.52. The van der Waals surface area contributed by atoms with Gasteiger partial charge in [-0.15, -0.1) is 0 Å². The molecule has 1 saturated carbocycles. The van der Waals surface area contributed by atoms with Crippen LogP contribution in [0.2, 0.25) is 0 Å². The van der Waals surface area contributed by atoms with Crippen LogP contribution in [-0.2, 0) is 4.74 Å². The molecule has 110 valence electrons. The Labute approximate surface area is 128 Å². The number of benzene rings is 1. The number of nitrogens with one attached hydrogen (secondary N) is 1. The monoisotopic (exact) mass is 341 g/mol. The summed E-state index contributed by atoms with van der Waals surface area (Å²) in [6.07, 6.45) is 8.12. The van der Waals surface area contributed by atoms with E-state index in [1.165, 1.54) is 25.3 Å². The second-order valence-electron chi connectivity index (χ2n) is 6.05. The number of anilines is 1. The maximum Gasteiger partial charge on any atom is 0.146 e. The van der Waals surface area contributed by atoms with Gasteiger partial charge in [-0.05, 0) is 43.9 Å². The molecule has 20 heavy (non-hydrogen) atoms. The predicted octanol–water partition coefficient (Wildman–Crippen LogP) is 4.88. The van der Waals surface area contributed by atoms with Gasteiger partial charge in [-0.25, -0.2) is 4.39 Å². The lowest BCUT2D eigenvalue weighted by Gasteiger charge is -2.44. The van der Waals surface area contributed by atoms with Crippen LogP contribution in [0.15, 0.2) is 22.7 Å². The van der Waals surface area contributed by atoms with E-state index in [2.05, 4.69) is 21.2 Å². The summed E-state index contributed by atoms with van der Waals surface area (Å²) in [5, 5.41) is 3.38. The molecule has 0 bridgehead atoms. The molecule has 2 nitrogen and oxygen atoms in total. The Kier molecular flexibility index (Phi) is 4.32. The molecular formula is C16H21BrFNO. The van der Waals surface area contributed by atoms with Crippen molar-refractivity contribution in [3.63, 3.8) is 0 Å². The first-order valence-electron chi connectivity index (χ1n) is 7.52. The number of hydrogen-bond acceptors (Lipinski definition) is 2. The zero-order chi connectivity index (χ0) is 14.0. The molecule has 1 N–H and O–H groups in total. The van der Waals surface area contributed by atoms with Crippen LogP contribution in [0.4, 0.5) is 10.1 Å². The predicted molar refractivity (Wildman–Crippen MR) is 82.5 cm³/mol. The first-order valence-corrected chi connectivity index (χ1v) is 8.32. The fourth-order valence-corrected chi connectivity index (χ4v) is 3.88. The molecule has 2 aliphatic rings. The lowest BCUT2D eigenvalue weighted by atomic mass is 9.78. The second kappa shape index (κ2) is 6.02. The average molecular weight is 342 g/mol. The Hall–Kier alpha value is -0.610. The van der Waals surface area contributed by atoms with Gasteiger partial charge < -0.3 is 10.1 Å². The average Bonchev–Trinajstić information content (AvgIpc) is 2.44. The van der Waals surface area contributed by atoms with Crippen LogP contribution in [0, 0.1) is 5.82 Å². The number of rotatable bonds is 2. The summed E-state index contributed by atoms with van der Waals surface area (Å²) in [6.45, 7) is 0.785. The van der Waals surface area contributed by atoms with E-state index in [-0.39, 0.29) is 11.4 Å². The SMILES string of the molecule is Fc1ccc(Br)cc1NC1CCOC2(CCCCC2)C1. The van der Waals surface area contributed by atoms with Gasteiger partial charge in [-0.3, -0.25) is 0 Å². The third kappa shape index (κ3) is 3.17. The summed E-state index contributed by atoms with van der Waals surface area (Å²) in [5.41, 5.74) is 0.647. The minimum absolute atomic E-state index is 0.0522. The van der Waals surface area contributed by atoms with E-state index in [1.54, 1.807) is 6.07 Å². The van der Waals surface area contributed by atoms with E-state index < -0.39 is 0 Å². The van der Waals surface area contributed by atoms with E-state index in [1.807, 2.05) is 6.07 Å². The highest BCUT2D eigenvalue weighted by atomic mass is 79.9. The molecule has 0 amide bonds. The number of hydrogen-bond donors (Lipinski definition) is 1. The zero-order valence-corrected chi connectivity index (χ0v) is 13.2. The minimum atomic E-state index is -0.183. The minimum Gasteiger partial charge on any atom is -0.380 e. The van der Waals surface area contributed by atoms with Gasteiger partial charge >= 0.3 is 0 Å². The van der Waals surface area contributed by atoms with Gasteiger partial charge in [0.05, 0.1) is 11.3 Å². The smallest absolute Gasteiger partial charge is 0.146 e. The standard InChI is InChI=1S/C16H21BrFNO/c17-12-4-5-14(18)15(10-12)19-13-6-9-20-16(11-13)7-2-1-3-8-16/h4-5,10,13,19H,1-3,6-9,11H2. The quantitative estimate of drug-likeness (QED) is 0.827. The van der Waals surface area contributed by atoms with Gasteiger partial charge in [0, 0.05) is 17.1 Å². The normalized spacial score (nSPS) is 25.6. The summed E-state index contributed by atoms with van der Waals surface area (Å²) < 4.78 is 20.8. The summed E-state index contributed by atoms with van der Waals surface area (Å²) in [7, 11) is 0. The van der Waals surface area contributed by atoms with E-state index in [0.29, 0.717) is 11.7 Å². The van der Waals surface area contributed by atoms with Gasteiger partial charge in [-0.1, -0.05) is 35.2 Å². The molecule has 1 aliphatic carbocycles. The van der Waals surface area contributed by atoms with Gasteiger partial charge in [0.15, 0.2) is 0 Å². The highest BCUT2D eigenvalue weighted by Crippen LogP contribution is 2.39. The molecule has 1 atom stereocenters. The van der Waals surface area contributed by atoms with E-state index in [0.717, 1.165) is 36.8 Å². The Bertz CT molecular complexity index is 468. The molecule has 2 fully saturated rings. The van der Waals surface area contributed by atoms with E-state index in [9.17, 15) is 4.39 Å². The molecule has 0 aromatic heterocycles. The van der Waals surface area contributed by atoms with Crippen molar-refractivity contribution in [3.8, 4) is 0 Å². The Morgan fingerprint density at radius 2 is 2.05 bits per heavy atom. The van der Waals surface area contributed by atoms with E-state index in [4.69, 9.17) is 4.74 Å². The lowest BCUT2D eigenvalue weighted by Crippen LogP contribution is -2.45. The largest absolute Gasteiger partial charge is 0.380 e. The van der Waals surface area contributed by atoms with Gasteiger partial charge in [-0.2, -0.15) is 0 Å². The Morgan fingerprint density at radius 3 is 2.85 bits per heavy atom. The molecule has 3 rings (SSSR count). The van der Waals surface area contributed by atoms with E-state index >= 15 is 0 Å². The first kappa shape index (κ1) is 14.3. The van der Waals surface area contributed by atoms with Crippen LogP contribution in [-0.4, -0.2) is 18.2 Å². The molecule has 1 saturated heterocycles. The maximum atomic E-state index is 13.8. The first-order chi connectivity index (χ1) is 9.67. The second-order valence-corrected chi connectivity index (χ2v) is 6.97. The van der Waals surface area contributed by atoms with Gasteiger partial charge in [0.2, 0.25) is 0 Å². The molecule has 4 heteroatoms. The maximum absolute atomic E-state index is 13.8. The van der Waals surface area contributed by atoms with Crippen LogP contribution in [0.25, 0.3) is 0 Å². The molecule has 1 aliphatic heterocycles. The van der Waals surface area contributed by atoms with Gasteiger partial charge in [0.25, 0.3) is 0 Å². The molecule has 1 heterocycles. The summed E-state index contributed by atoms with van der Waals surface area (Å²) in [5.74, 6) is -0.183. The molecular weight excluding hydrogens is 321 g/mol. The van der Waals surface area contributed by atoms with Crippen molar-refractivity contribution in [1.29, 1.82) is 0 Å². The highest BCUT2D eigenvalue weighted by molar-refractivity contribution is 9.10. The van der Waals surface area contributed by atoms with Crippen molar-refractivity contribution < 1.29 is 9.13 Å². The Balaban J connectivity index is 1.69. The Morgan fingerprint density at radius 1 is 1.25 bits per heavy atom. The topological polar surface area (TPSA) is 21.3 Å². The van der Waals surface area contributed by atoms with Crippen LogP contribution in [0.1, 0.15) is 44.9 Å². The molecule has 1 aromatic carbocycles. The van der Waals surface area contributed by atoms with Crippen molar-refractivity contribution in [1.82, 2.24) is 0 Å². The third-order valence-electron chi connectivity index (χ3n) is 4.55. The fraction of sp³-hybridized carbons (Fsp3) is 0.625. The van der Waals surface area contributed by atoms with Crippen molar-refractivity contribution in [2.24, 2.45) is 0 Å². The third-order valence-corrected chi connectivity index (χ3v) is 5.04. The number of halogens is 2.